The van der Waals surface area contributed by atoms with Crippen LogP contribution in [0.3, 0.4) is 0 Å². The number of likely N-dealkylation sites (tertiary alicyclic amines) is 1. The zero-order chi connectivity index (χ0) is 15.8. The van der Waals surface area contributed by atoms with Crippen LogP contribution in [0.4, 0.5) is 5.82 Å². The van der Waals surface area contributed by atoms with Gasteiger partial charge in [-0.25, -0.2) is 9.97 Å². The Kier molecular flexibility index (Phi) is 3.66. The van der Waals surface area contributed by atoms with Gasteiger partial charge in [-0.15, -0.1) is 0 Å². The Bertz CT molecular complexity index is 718. The summed E-state index contributed by atoms with van der Waals surface area (Å²) < 4.78 is 0. The molecule has 3 heterocycles. The Hall–Kier alpha value is -2.13. The quantitative estimate of drug-likeness (QED) is 0.935. The monoisotopic (exact) mass is 310 g/mol. The highest BCUT2D eigenvalue weighted by Crippen LogP contribution is 2.41. The summed E-state index contributed by atoms with van der Waals surface area (Å²) in [6, 6.07) is 4.86. The van der Waals surface area contributed by atoms with E-state index in [1.165, 1.54) is 12.8 Å². The van der Waals surface area contributed by atoms with Crippen molar-refractivity contribution in [2.45, 2.75) is 25.3 Å². The van der Waals surface area contributed by atoms with E-state index in [1.54, 1.807) is 6.33 Å². The van der Waals surface area contributed by atoms with Crippen LogP contribution < -0.4 is 4.90 Å². The molecule has 1 N–H and O–H groups in total. The number of H-pyrrole nitrogens is 1. The van der Waals surface area contributed by atoms with E-state index < -0.39 is 0 Å². The molecular weight excluding hydrogens is 288 g/mol. The lowest BCUT2D eigenvalue weighted by Gasteiger charge is -2.27. The molecular formula is C17H22N6. The number of hydrogen-bond acceptors (Lipinski definition) is 5. The molecule has 1 saturated heterocycles. The lowest BCUT2D eigenvalue weighted by molar-refractivity contribution is 0.313. The summed E-state index contributed by atoms with van der Waals surface area (Å²) in [5.74, 6) is 2.57. The molecule has 1 aliphatic heterocycles. The van der Waals surface area contributed by atoms with Crippen LogP contribution in [0.25, 0.3) is 11.0 Å². The van der Waals surface area contributed by atoms with Crippen LogP contribution in [0.5, 0.6) is 0 Å². The first-order valence-electron chi connectivity index (χ1n) is 8.36. The molecule has 2 aromatic rings. The molecule has 3 atom stereocenters. The summed E-state index contributed by atoms with van der Waals surface area (Å²) in [6.45, 7) is 3.24. The normalized spacial score (nSPS) is 27.2. The molecule has 4 rings (SSSR count). The average Bonchev–Trinajstić information content (AvgIpc) is 3.25. The van der Waals surface area contributed by atoms with Crippen molar-refractivity contribution in [3.05, 3.63) is 18.6 Å². The van der Waals surface area contributed by atoms with Gasteiger partial charge in [0.15, 0.2) is 0 Å². The molecule has 0 bridgehead atoms. The second-order valence-electron chi connectivity index (χ2n) is 6.86. The molecule has 6 nitrogen and oxygen atoms in total. The van der Waals surface area contributed by atoms with Crippen LogP contribution >= 0.6 is 0 Å². The number of nitriles is 1. The minimum absolute atomic E-state index is 0.552. The Balaban J connectivity index is 1.45. The maximum absolute atomic E-state index is 8.74. The standard InChI is InChI=1S/C17H22N6/c1-22(17-15-3-5-19-16(15)20-11-21-17)14-7-12-9-23(6-2-4-18)10-13(12)8-14/h3,5,11-14H,2,6-10H2,1H3,(H,19,20,21)/t12-,13?,14+/m0/s1. The third-order valence-corrected chi connectivity index (χ3v) is 5.56. The molecule has 1 aliphatic carbocycles. The highest BCUT2D eigenvalue weighted by molar-refractivity contribution is 5.87. The number of rotatable bonds is 4. The minimum Gasteiger partial charge on any atom is -0.356 e. The van der Waals surface area contributed by atoms with Crippen molar-refractivity contribution in [1.82, 2.24) is 19.9 Å². The van der Waals surface area contributed by atoms with E-state index in [1.807, 2.05) is 6.20 Å². The van der Waals surface area contributed by atoms with Gasteiger partial charge in [0, 0.05) is 45.3 Å². The first kappa shape index (κ1) is 14.5. The molecule has 120 valence electrons. The van der Waals surface area contributed by atoms with E-state index in [9.17, 15) is 0 Å². The smallest absolute Gasteiger partial charge is 0.142 e. The fourth-order valence-electron chi connectivity index (χ4n) is 4.38. The molecule has 1 unspecified atom stereocenters. The Morgan fingerprint density at radius 2 is 2.13 bits per heavy atom. The molecule has 23 heavy (non-hydrogen) atoms. The highest BCUT2D eigenvalue weighted by atomic mass is 15.2. The lowest BCUT2D eigenvalue weighted by atomic mass is 10.0. The SMILES string of the molecule is CN(c1ncnc2[nH]ccc12)[C@H]1CC2CN(CCC#N)C[C@@H]2C1. The van der Waals surface area contributed by atoms with Gasteiger partial charge in [0.1, 0.15) is 17.8 Å². The number of anilines is 1. The number of nitrogens with one attached hydrogen (secondary N) is 1. The van der Waals surface area contributed by atoms with Gasteiger partial charge in [0.2, 0.25) is 0 Å². The second kappa shape index (κ2) is 5.82. The van der Waals surface area contributed by atoms with Crippen molar-refractivity contribution in [3.8, 4) is 6.07 Å². The van der Waals surface area contributed by atoms with E-state index in [-0.39, 0.29) is 0 Å². The van der Waals surface area contributed by atoms with Crippen molar-refractivity contribution in [2.75, 3.05) is 31.6 Å². The van der Waals surface area contributed by atoms with Gasteiger partial charge >= 0.3 is 0 Å². The molecule has 0 amide bonds. The van der Waals surface area contributed by atoms with Gasteiger partial charge in [-0.05, 0) is 30.7 Å². The summed E-state index contributed by atoms with van der Waals surface area (Å²) in [5, 5.41) is 9.84. The third kappa shape index (κ3) is 2.55. The predicted molar refractivity (Wildman–Crippen MR) is 89.0 cm³/mol. The maximum atomic E-state index is 8.74. The Morgan fingerprint density at radius 1 is 1.35 bits per heavy atom. The number of fused-ring (bicyclic) bond motifs is 2. The van der Waals surface area contributed by atoms with Crippen molar-refractivity contribution >= 4 is 16.9 Å². The van der Waals surface area contributed by atoms with Crippen molar-refractivity contribution in [2.24, 2.45) is 11.8 Å². The average molecular weight is 310 g/mol. The van der Waals surface area contributed by atoms with E-state index in [0.29, 0.717) is 12.5 Å². The van der Waals surface area contributed by atoms with Crippen LogP contribution in [-0.4, -0.2) is 52.6 Å². The fourth-order valence-corrected chi connectivity index (χ4v) is 4.38. The second-order valence-corrected chi connectivity index (χ2v) is 6.86. The van der Waals surface area contributed by atoms with Gasteiger partial charge in [-0.1, -0.05) is 0 Å². The summed E-state index contributed by atoms with van der Waals surface area (Å²) in [6.07, 6.45) is 6.66. The fraction of sp³-hybridized carbons (Fsp3) is 0.588. The summed E-state index contributed by atoms with van der Waals surface area (Å²) in [4.78, 5) is 16.8. The molecule has 2 aliphatic rings. The van der Waals surface area contributed by atoms with Crippen LogP contribution in [0.15, 0.2) is 18.6 Å². The molecule has 2 aromatic heterocycles. The molecule has 6 heteroatoms. The van der Waals surface area contributed by atoms with Gasteiger partial charge in [0.25, 0.3) is 0 Å². The van der Waals surface area contributed by atoms with E-state index in [2.05, 4.69) is 43.9 Å². The molecule has 0 radical (unpaired) electrons. The molecule has 0 aromatic carbocycles. The van der Waals surface area contributed by atoms with Gasteiger partial charge in [0.05, 0.1) is 11.5 Å². The van der Waals surface area contributed by atoms with E-state index in [4.69, 9.17) is 5.26 Å². The van der Waals surface area contributed by atoms with Crippen molar-refractivity contribution in [3.63, 3.8) is 0 Å². The Morgan fingerprint density at radius 3 is 2.87 bits per heavy atom. The van der Waals surface area contributed by atoms with Crippen molar-refractivity contribution < 1.29 is 0 Å². The highest BCUT2D eigenvalue weighted by Gasteiger charge is 2.42. The van der Waals surface area contributed by atoms with Crippen LogP contribution in [-0.2, 0) is 0 Å². The van der Waals surface area contributed by atoms with Gasteiger partial charge in [-0.3, -0.25) is 0 Å². The van der Waals surface area contributed by atoms with Gasteiger partial charge < -0.3 is 14.8 Å². The molecule has 1 saturated carbocycles. The van der Waals surface area contributed by atoms with Gasteiger partial charge in [-0.2, -0.15) is 5.26 Å². The third-order valence-electron chi connectivity index (χ3n) is 5.56. The maximum Gasteiger partial charge on any atom is 0.142 e. The van der Waals surface area contributed by atoms with Crippen molar-refractivity contribution in [1.29, 1.82) is 5.26 Å². The zero-order valence-electron chi connectivity index (χ0n) is 13.4. The number of nitrogens with zero attached hydrogens (tertiary/aromatic N) is 5. The molecule has 0 spiro atoms. The van der Waals surface area contributed by atoms with Crippen LogP contribution in [0.1, 0.15) is 19.3 Å². The number of hydrogen-bond donors (Lipinski definition) is 1. The number of aromatic amines is 1. The van der Waals surface area contributed by atoms with E-state index in [0.717, 1.165) is 48.3 Å². The summed E-state index contributed by atoms with van der Waals surface area (Å²) >= 11 is 0. The predicted octanol–water partition coefficient (Wildman–Crippen LogP) is 2.02. The van der Waals surface area contributed by atoms with Crippen LogP contribution in [0, 0.1) is 23.2 Å². The first-order valence-corrected chi connectivity index (χ1v) is 8.36. The van der Waals surface area contributed by atoms with Crippen LogP contribution in [0.2, 0.25) is 0 Å². The topological polar surface area (TPSA) is 71.8 Å². The number of aromatic nitrogens is 3. The summed E-state index contributed by atoms with van der Waals surface area (Å²) in [7, 11) is 2.16. The lowest BCUT2D eigenvalue weighted by Crippen LogP contribution is -2.33. The van der Waals surface area contributed by atoms with E-state index >= 15 is 0 Å². The Labute approximate surface area is 136 Å². The zero-order valence-corrected chi connectivity index (χ0v) is 13.4. The largest absolute Gasteiger partial charge is 0.356 e. The molecule has 2 fully saturated rings. The first-order chi connectivity index (χ1) is 11.3. The summed E-state index contributed by atoms with van der Waals surface area (Å²) in [5.41, 5.74) is 0.905. The minimum atomic E-state index is 0.552.